The molecule has 7 heteroatoms. The van der Waals surface area contributed by atoms with E-state index in [0.717, 1.165) is 42.6 Å². The summed E-state index contributed by atoms with van der Waals surface area (Å²) < 4.78 is 0. The number of hydrogen-bond donors (Lipinski definition) is 2. The minimum atomic E-state index is -0.220. The van der Waals surface area contributed by atoms with Gasteiger partial charge in [0.1, 0.15) is 5.01 Å². The van der Waals surface area contributed by atoms with Crippen molar-refractivity contribution in [2.45, 2.75) is 52.0 Å². The zero-order valence-electron chi connectivity index (χ0n) is 15.1. The van der Waals surface area contributed by atoms with Crippen LogP contribution in [0, 0.1) is 5.92 Å². The predicted octanol–water partition coefficient (Wildman–Crippen LogP) is 2.10. The number of carbonyl (C=O) groups excluding carboxylic acids is 1. The normalized spacial score (nSPS) is 19.4. The van der Waals surface area contributed by atoms with E-state index in [2.05, 4.69) is 41.4 Å². The maximum Gasteiger partial charge on any atom is 0.217 e. The number of hydrogen-bond acceptors (Lipinski definition) is 4. The van der Waals surface area contributed by atoms with Gasteiger partial charge in [-0.1, -0.05) is 20.8 Å². The van der Waals surface area contributed by atoms with Crippen LogP contribution in [0.1, 0.15) is 50.7 Å². The van der Waals surface area contributed by atoms with E-state index in [1.165, 1.54) is 0 Å². The molecular weight excluding hydrogens is 322 g/mol. The van der Waals surface area contributed by atoms with Crippen molar-refractivity contribution < 1.29 is 4.79 Å². The number of nitrogens with two attached hydrogens (primary N) is 1. The number of rotatable bonds is 4. The van der Waals surface area contributed by atoms with E-state index in [1.54, 1.807) is 18.4 Å². The zero-order valence-corrected chi connectivity index (χ0v) is 15.9. The number of aromatic nitrogens is 1. The first-order chi connectivity index (χ1) is 11.3. The van der Waals surface area contributed by atoms with E-state index in [4.69, 9.17) is 10.7 Å². The molecule has 2 rings (SSSR count). The molecule has 0 saturated carbocycles. The molecule has 1 unspecified atom stereocenters. The summed E-state index contributed by atoms with van der Waals surface area (Å²) in [5.41, 5.74) is 6.54. The van der Waals surface area contributed by atoms with Gasteiger partial charge in [0.25, 0.3) is 0 Å². The maximum atomic E-state index is 11.2. The summed E-state index contributed by atoms with van der Waals surface area (Å²) >= 11 is 1.68. The van der Waals surface area contributed by atoms with E-state index in [-0.39, 0.29) is 11.3 Å². The van der Waals surface area contributed by atoms with E-state index >= 15 is 0 Å². The first kappa shape index (κ1) is 18.7. The van der Waals surface area contributed by atoms with Crippen molar-refractivity contribution in [1.29, 1.82) is 0 Å². The van der Waals surface area contributed by atoms with E-state index < -0.39 is 0 Å². The molecule has 3 N–H and O–H groups in total. The number of likely N-dealkylation sites (tertiary alicyclic amines) is 1. The van der Waals surface area contributed by atoms with E-state index in [0.29, 0.717) is 18.9 Å². The van der Waals surface area contributed by atoms with Gasteiger partial charge in [0.15, 0.2) is 5.96 Å². The molecule has 0 aromatic carbocycles. The first-order valence-corrected chi connectivity index (χ1v) is 9.36. The Labute approximate surface area is 148 Å². The van der Waals surface area contributed by atoms with Crippen molar-refractivity contribution in [1.82, 2.24) is 15.2 Å². The van der Waals surface area contributed by atoms with Crippen LogP contribution in [-0.4, -0.2) is 41.9 Å². The molecule has 1 aliphatic heterocycles. The molecule has 0 spiro atoms. The van der Waals surface area contributed by atoms with Crippen molar-refractivity contribution in [3.8, 4) is 0 Å². The van der Waals surface area contributed by atoms with Crippen LogP contribution in [0.2, 0.25) is 0 Å². The van der Waals surface area contributed by atoms with Gasteiger partial charge in [-0.15, -0.1) is 11.3 Å². The molecule has 1 aromatic rings. The Morgan fingerprint density at radius 2 is 2.29 bits per heavy atom. The molecule has 0 radical (unpaired) electrons. The van der Waals surface area contributed by atoms with Crippen LogP contribution < -0.4 is 11.1 Å². The molecule has 1 atom stereocenters. The standard InChI is InChI=1S/C17H29N5OS/c1-17(2,3)13-11-24-15(21-13)9-20-16(19-4)22-7-5-6-12(10-22)8-14(18)23/h11-12H,5-10H2,1-4H3,(H2,18,23)(H,19,20). The first-order valence-electron chi connectivity index (χ1n) is 8.48. The highest BCUT2D eigenvalue weighted by Gasteiger charge is 2.24. The lowest BCUT2D eigenvalue weighted by molar-refractivity contribution is -0.119. The summed E-state index contributed by atoms with van der Waals surface area (Å²) in [6.07, 6.45) is 2.57. The molecule has 1 fully saturated rings. The Morgan fingerprint density at radius 3 is 2.88 bits per heavy atom. The summed E-state index contributed by atoms with van der Waals surface area (Å²) in [5, 5.41) is 6.59. The predicted molar refractivity (Wildman–Crippen MR) is 99.1 cm³/mol. The SMILES string of the molecule is CN=C(NCc1nc(C(C)(C)C)cs1)N1CCCC(CC(N)=O)C1. The lowest BCUT2D eigenvalue weighted by Crippen LogP contribution is -2.46. The molecule has 6 nitrogen and oxygen atoms in total. The van der Waals surface area contributed by atoms with Gasteiger partial charge < -0.3 is 16.0 Å². The topological polar surface area (TPSA) is 83.6 Å². The molecule has 134 valence electrons. The van der Waals surface area contributed by atoms with Crippen LogP contribution in [0.3, 0.4) is 0 Å². The largest absolute Gasteiger partial charge is 0.370 e. The van der Waals surface area contributed by atoms with Gasteiger partial charge in [0.05, 0.1) is 12.2 Å². The highest BCUT2D eigenvalue weighted by atomic mass is 32.1. The summed E-state index contributed by atoms with van der Waals surface area (Å²) in [5.74, 6) is 0.973. The van der Waals surface area contributed by atoms with Gasteiger partial charge >= 0.3 is 0 Å². The fourth-order valence-corrected chi connectivity index (χ4v) is 3.89. The third-order valence-electron chi connectivity index (χ3n) is 4.24. The molecule has 1 aromatic heterocycles. The van der Waals surface area contributed by atoms with Gasteiger partial charge in [0, 0.05) is 37.4 Å². The van der Waals surface area contributed by atoms with Gasteiger partial charge in [-0.05, 0) is 18.8 Å². The second-order valence-corrected chi connectivity index (χ2v) is 8.34. The number of amides is 1. The summed E-state index contributed by atoms with van der Waals surface area (Å²) in [7, 11) is 1.79. The smallest absolute Gasteiger partial charge is 0.217 e. The molecule has 1 aliphatic rings. The molecule has 24 heavy (non-hydrogen) atoms. The number of nitrogens with one attached hydrogen (secondary N) is 1. The highest BCUT2D eigenvalue weighted by molar-refractivity contribution is 7.09. The van der Waals surface area contributed by atoms with Crippen molar-refractivity contribution in [3.63, 3.8) is 0 Å². The van der Waals surface area contributed by atoms with E-state index in [9.17, 15) is 4.79 Å². The number of piperidine rings is 1. The Bertz CT molecular complexity index is 590. The summed E-state index contributed by atoms with van der Waals surface area (Å²) in [6, 6.07) is 0. The summed E-state index contributed by atoms with van der Waals surface area (Å²) in [4.78, 5) is 22.5. The monoisotopic (exact) mass is 351 g/mol. The number of guanidine groups is 1. The molecule has 1 saturated heterocycles. The van der Waals surface area contributed by atoms with Crippen molar-refractivity contribution in [2.75, 3.05) is 20.1 Å². The second kappa shape index (κ2) is 7.96. The second-order valence-electron chi connectivity index (χ2n) is 7.40. The average Bonchev–Trinajstić information content (AvgIpc) is 2.97. The molecule has 0 aliphatic carbocycles. The lowest BCUT2D eigenvalue weighted by atomic mass is 9.93. The summed E-state index contributed by atoms with van der Waals surface area (Å²) in [6.45, 7) is 8.97. The van der Waals surface area contributed by atoms with Crippen LogP contribution in [-0.2, 0) is 16.8 Å². The Morgan fingerprint density at radius 1 is 1.54 bits per heavy atom. The number of aliphatic imine (C=N–C) groups is 1. The fourth-order valence-electron chi connectivity index (χ4n) is 2.93. The number of nitrogens with zero attached hydrogens (tertiary/aromatic N) is 3. The minimum Gasteiger partial charge on any atom is -0.370 e. The molecular formula is C17H29N5OS. The number of thiazole rings is 1. The average molecular weight is 352 g/mol. The molecule has 2 heterocycles. The Hall–Kier alpha value is -1.63. The highest BCUT2D eigenvalue weighted by Crippen LogP contribution is 2.24. The Balaban J connectivity index is 1.92. The molecule has 1 amide bonds. The molecule has 0 bridgehead atoms. The van der Waals surface area contributed by atoms with Gasteiger partial charge in [0.2, 0.25) is 5.91 Å². The van der Waals surface area contributed by atoms with Gasteiger partial charge in [-0.25, -0.2) is 4.98 Å². The van der Waals surface area contributed by atoms with Gasteiger partial charge in [-0.3, -0.25) is 9.79 Å². The van der Waals surface area contributed by atoms with Crippen LogP contribution in [0.15, 0.2) is 10.4 Å². The fraction of sp³-hybridized carbons (Fsp3) is 0.706. The van der Waals surface area contributed by atoms with Crippen molar-refractivity contribution in [2.24, 2.45) is 16.6 Å². The van der Waals surface area contributed by atoms with Crippen molar-refractivity contribution >= 4 is 23.2 Å². The number of primary amides is 1. The van der Waals surface area contributed by atoms with Crippen LogP contribution in [0.25, 0.3) is 0 Å². The zero-order chi connectivity index (χ0) is 17.7. The van der Waals surface area contributed by atoms with Crippen molar-refractivity contribution in [3.05, 3.63) is 16.1 Å². The Kier molecular flexibility index (Phi) is 6.21. The number of carbonyl (C=O) groups is 1. The van der Waals surface area contributed by atoms with E-state index in [1.807, 2.05) is 0 Å². The third kappa shape index (κ3) is 5.19. The van der Waals surface area contributed by atoms with Crippen LogP contribution in [0.5, 0.6) is 0 Å². The third-order valence-corrected chi connectivity index (χ3v) is 5.09. The van der Waals surface area contributed by atoms with Crippen LogP contribution in [0.4, 0.5) is 0 Å². The van der Waals surface area contributed by atoms with Crippen LogP contribution >= 0.6 is 11.3 Å². The van der Waals surface area contributed by atoms with Gasteiger partial charge in [-0.2, -0.15) is 0 Å². The minimum absolute atomic E-state index is 0.0747. The maximum absolute atomic E-state index is 11.2. The lowest BCUT2D eigenvalue weighted by Gasteiger charge is -2.34. The quantitative estimate of drug-likeness (QED) is 0.643.